The van der Waals surface area contributed by atoms with Gasteiger partial charge < -0.3 is 4.74 Å². The lowest BCUT2D eigenvalue weighted by atomic mass is 10.1. The van der Waals surface area contributed by atoms with Crippen LogP contribution >= 0.6 is 0 Å². The lowest BCUT2D eigenvalue weighted by molar-refractivity contribution is 0.0590. The molecule has 82 valence electrons. The molecule has 0 spiro atoms. The maximum absolute atomic E-state index is 11.3. The van der Waals surface area contributed by atoms with E-state index in [4.69, 9.17) is 0 Å². The quantitative estimate of drug-likeness (QED) is 0.544. The van der Waals surface area contributed by atoms with Crippen molar-refractivity contribution < 1.29 is 14.3 Å². The monoisotopic (exact) mass is 210 g/mol. The number of carbonyl (C=O) groups is 2. The molecule has 0 atom stereocenters. The van der Waals surface area contributed by atoms with Crippen LogP contribution in [-0.2, 0) is 10.3 Å². The Morgan fingerprint density at radius 3 is 2.53 bits per heavy atom. The highest BCUT2D eigenvalue weighted by Crippen LogP contribution is 2.15. The van der Waals surface area contributed by atoms with Crippen molar-refractivity contribution in [3.8, 4) is 0 Å². The first-order valence-electron chi connectivity index (χ1n) is 4.53. The van der Waals surface area contributed by atoms with Crippen LogP contribution in [0.15, 0.2) is 6.20 Å². The SMILES string of the molecule is COC(=O)c1nn(C(C)(C)C)cc1C=O. The van der Waals surface area contributed by atoms with Crippen LogP contribution in [0.25, 0.3) is 0 Å². The molecule has 0 N–H and O–H groups in total. The Kier molecular flexibility index (Phi) is 2.93. The van der Waals surface area contributed by atoms with Crippen molar-refractivity contribution in [2.45, 2.75) is 26.3 Å². The molecule has 0 fully saturated rings. The number of aromatic nitrogens is 2. The average molecular weight is 210 g/mol. The van der Waals surface area contributed by atoms with Gasteiger partial charge in [-0.3, -0.25) is 9.48 Å². The maximum Gasteiger partial charge on any atom is 0.359 e. The van der Waals surface area contributed by atoms with Crippen molar-refractivity contribution >= 4 is 12.3 Å². The van der Waals surface area contributed by atoms with E-state index in [2.05, 4.69) is 9.84 Å². The van der Waals surface area contributed by atoms with Gasteiger partial charge in [-0.15, -0.1) is 0 Å². The summed E-state index contributed by atoms with van der Waals surface area (Å²) in [6, 6.07) is 0. The van der Waals surface area contributed by atoms with Crippen LogP contribution in [0.3, 0.4) is 0 Å². The van der Waals surface area contributed by atoms with E-state index in [1.807, 2.05) is 20.8 Å². The zero-order valence-electron chi connectivity index (χ0n) is 9.27. The van der Waals surface area contributed by atoms with Gasteiger partial charge in [0.1, 0.15) is 0 Å². The zero-order chi connectivity index (χ0) is 11.6. The molecule has 15 heavy (non-hydrogen) atoms. The van der Waals surface area contributed by atoms with Gasteiger partial charge in [-0.1, -0.05) is 0 Å². The van der Waals surface area contributed by atoms with Crippen LogP contribution in [0.1, 0.15) is 41.6 Å². The minimum Gasteiger partial charge on any atom is -0.464 e. The number of esters is 1. The molecule has 5 nitrogen and oxygen atoms in total. The summed E-state index contributed by atoms with van der Waals surface area (Å²) in [5.74, 6) is -0.597. The number of methoxy groups -OCH3 is 1. The fraction of sp³-hybridized carbons (Fsp3) is 0.500. The lowest BCUT2D eigenvalue weighted by Crippen LogP contribution is -2.22. The summed E-state index contributed by atoms with van der Waals surface area (Å²) in [4.78, 5) is 22.0. The van der Waals surface area contributed by atoms with Crippen molar-refractivity contribution in [1.29, 1.82) is 0 Å². The normalized spacial score (nSPS) is 11.2. The Bertz CT molecular complexity index is 388. The molecule has 0 aromatic carbocycles. The number of carbonyl (C=O) groups excluding carboxylic acids is 2. The summed E-state index contributed by atoms with van der Waals surface area (Å²) in [6.07, 6.45) is 2.14. The predicted molar refractivity (Wildman–Crippen MR) is 54.0 cm³/mol. The Labute approximate surface area is 88.0 Å². The fourth-order valence-corrected chi connectivity index (χ4v) is 1.07. The van der Waals surface area contributed by atoms with E-state index >= 15 is 0 Å². The molecular formula is C10H14N2O3. The molecule has 0 amide bonds. The van der Waals surface area contributed by atoms with E-state index < -0.39 is 5.97 Å². The van der Waals surface area contributed by atoms with Gasteiger partial charge in [-0.2, -0.15) is 5.10 Å². The third kappa shape index (κ3) is 2.23. The second-order valence-corrected chi connectivity index (χ2v) is 4.16. The van der Waals surface area contributed by atoms with E-state index in [-0.39, 0.29) is 16.8 Å². The molecule has 0 aliphatic rings. The minimum absolute atomic E-state index is 0.0578. The van der Waals surface area contributed by atoms with Gasteiger partial charge >= 0.3 is 5.97 Å². The third-order valence-corrected chi connectivity index (χ3v) is 1.94. The predicted octanol–water partition coefficient (Wildman–Crippen LogP) is 1.24. The molecule has 0 bridgehead atoms. The highest BCUT2D eigenvalue weighted by molar-refractivity contribution is 5.96. The van der Waals surface area contributed by atoms with Crippen LogP contribution in [0.2, 0.25) is 0 Å². The standard InChI is InChI=1S/C10H14N2O3/c1-10(2,3)12-5-7(6-13)8(11-12)9(14)15-4/h5-6H,1-4H3. The number of hydrogen-bond donors (Lipinski definition) is 0. The van der Waals surface area contributed by atoms with Crippen molar-refractivity contribution in [1.82, 2.24) is 9.78 Å². The van der Waals surface area contributed by atoms with Crippen LogP contribution in [0.5, 0.6) is 0 Å². The fourth-order valence-electron chi connectivity index (χ4n) is 1.07. The van der Waals surface area contributed by atoms with Gasteiger partial charge in [0.25, 0.3) is 0 Å². The summed E-state index contributed by atoms with van der Waals surface area (Å²) in [7, 11) is 1.26. The number of aldehydes is 1. The number of nitrogens with zero attached hydrogens (tertiary/aromatic N) is 2. The van der Waals surface area contributed by atoms with E-state index in [1.165, 1.54) is 7.11 Å². The first-order valence-corrected chi connectivity index (χ1v) is 4.53. The van der Waals surface area contributed by atoms with Gasteiger partial charge in [0.05, 0.1) is 18.2 Å². The molecule has 1 aromatic rings. The van der Waals surface area contributed by atoms with Gasteiger partial charge in [0.2, 0.25) is 0 Å². The third-order valence-electron chi connectivity index (χ3n) is 1.94. The summed E-state index contributed by atoms with van der Waals surface area (Å²) in [6.45, 7) is 5.78. The molecule has 1 rings (SSSR count). The van der Waals surface area contributed by atoms with Crippen molar-refractivity contribution in [3.05, 3.63) is 17.5 Å². The lowest BCUT2D eigenvalue weighted by Gasteiger charge is -2.18. The number of hydrogen-bond acceptors (Lipinski definition) is 4. The average Bonchev–Trinajstić information content (AvgIpc) is 2.59. The highest BCUT2D eigenvalue weighted by atomic mass is 16.5. The maximum atomic E-state index is 11.3. The van der Waals surface area contributed by atoms with Crippen molar-refractivity contribution in [2.75, 3.05) is 7.11 Å². The molecule has 0 aliphatic carbocycles. The smallest absolute Gasteiger partial charge is 0.359 e. The summed E-state index contributed by atoms with van der Waals surface area (Å²) in [5.41, 5.74) is 0.0310. The summed E-state index contributed by atoms with van der Waals surface area (Å²) < 4.78 is 6.10. The summed E-state index contributed by atoms with van der Waals surface area (Å²) in [5, 5.41) is 4.03. The second kappa shape index (κ2) is 3.84. The Hall–Kier alpha value is -1.65. The molecule has 0 radical (unpaired) electrons. The van der Waals surface area contributed by atoms with Gasteiger partial charge in [0, 0.05) is 6.20 Å². The van der Waals surface area contributed by atoms with Crippen LogP contribution in [0.4, 0.5) is 0 Å². The Morgan fingerprint density at radius 1 is 1.53 bits per heavy atom. The zero-order valence-corrected chi connectivity index (χ0v) is 9.27. The van der Waals surface area contributed by atoms with E-state index in [9.17, 15) is 9.59 Å². The van der Waals surface area contributed by atoms with Gasteiger partial charge in [-0.05, 0) is 20.8 Å². The first-order chi connectivity index (χ1) is 6.90. The van der Waals surface area contributed by atoms with Gasteiger partial charge in [0.15, 0.2) is 12.0 Å². The molecule has 1 heterocycles. The largest absolute Gasteiger partial charge is 0.464 e. The van der Waals surface area contributed by atoms with Crippen molar-refractivity contribution in [3.63, 3.8) is 0 Å². The van der Waals surface area contributed by atoms with Crippen LogP contribution in [-0.4, -0.2) is 29.1 Å². The molecule has 0 saturated carbocycles. The van der Waals surface area contributed by atoms with E-state index in [1.54, 1.807) is 10.9 Å². The molecule has 0 aliphatic heterocycles. The Morgan fingerprint density at radius 2 is 2.13 bits per heavy atom. The molecule has 1 aromatic heterocycles. The first kappa shape index (κ1) is 11.4. The van der Waals surface area contributed by atoms with E-state index in [0.29, 0.717) is 6.29 Å². The minimum atomic E-state index is -0.597. The van der Waals surface area contributed by atoms with Gasteiger partial charge in [-0.25, -0.2) is 4.79 Å². The highest BCUT2D eigenvalue weighted by Gasteiger charge is 2.21. The van der Waals surface area contributed by atoms with E-state index in [0.717, 1.165) is 0 Å². The topological polar surface area (TPSA) is 61.2 Å². The summed E-state index contributed by atoms with van der Waals surface area (Å²) >= 11 is 0. The Balaban J connectivity index is 3.23. The number of ether oxygens (including phenoxy) is 1. The second-order valence-electron chi connectivity index (χ2n) is 4.16. The van der Waals surface area contributed by atoms with Crippen LogP contribution in [0, 0.1) is 0 Å². The molecule has 0 saturated heterocycles. The molecule has 5 heteroatoms. The molecular weight excluding hydrogens is 196 g/mol. The number of rotatable bonds is 2. The van der Waals surface area contributed by atoms with Crippen molar-refractivity contribution in [2.24, 2.45) is 0 Å². The molecule has 0 unspecified atom stereocenters. The van der Waals surface area contributed by atoms with Crippen LogP contribution < -0.4 is 0 Å².